The van der Waals surface area contributed by atoms with E-state index in [9.17, 15) is 9.59 Å². The zero-order valence-electron chi connectivity index (χ0n) is 18.8. The molecule has 1 unspecified atom stereocenters. The van der Waals surface area contributed by atoms with E-state index in [4.69, 9.17) is 14.5 Å². The topological polar surface area (TPSA) is 74.7 Å². The van der Waals surface area contributed by atoms with E-state index in [1.54, 1.807) is 30.1 Å². The summed E-state index contributed by atoms with van der Waals surface area (Å²) in [7, 11) is 2.09. The number of ether oxygens (including phenoxy) is 2. The highest BCUT2D eigenvalue weighted by molar-refractivity contribution is 7.09. The number of aryl methyl sites for hydroxylation is 1. The fourth-order valence-corrected chi connectivity index (χ4v) is 4.72. The maximum absolute atomic E-state index is 13.5. The van der Waals surface area contributed by atoms with E-state index >= 15 is 0 Å². The SMILES string of the molecule is C.CCC(=O)OC(C)OC(=O)N1C(N2CCN(C)CC2)=c2cc(C)sc2=Nc2ccccc21. The number of anilines is 1. The summed E-state index contributed by atoms with van der Waals surface area (Å²) in [5, 5.41) is 0.906. The van der Waals surface area contributed by atoms with Gasteiger partial charge in [-0.3, -0.25) is 4.79 Å². The Labute approximate surface area is 198 Å². The van der Waals surface area contributed by atoms with Gasteiger partial charge >= 0.3 is 12.1 Å². The molecule has 1 fully saturated rings. The van der Waals surface area contributed by atoms with Gasteiger partial charge in [0, 0.05) is 44.4 Å². The minimum absolute atomic E-state index is 0. The monoisotopic (exact) mass is 472 g/mol. The zero-order chi connectivity index (χ0) is 22.8. The number of carbonyl (C=O) groups excluding carboxylic acids is 2. The number of fused-ring (bicyclic) bond motifs is 2. The van der Waals surface area contributed by atoms with Gasteiger partial charge in [-0.2, -0.15) is 0 Å². The van der Waals surface area contributed by atoms with Crippen molar-refractivity contribution in [1.82, 2.24) is 9.80 Å². The minimum Gasteiger partial charge on any atom is -0.425 e. The van der Waals surface area contributed by atoms with Crippen LogP contribution in [-0.4, -0.2) is 61.4 Å². The van der Waals surface area contributed by atoms with Gasteiger partial charge < -0.3 is 19.3 Å². The van der Waals surface area contributed by atoms with Crippen LogP contribution in [0.5, 0.6) is 0 Å². The number of para-hydroxylation sites is 2. The second-order valence-corrected chi connectivity index (χ2v) is 9.16. The van der Waals surface area contributed by atoms with Crippen molar-refractivity contribution >= 4 is 40.6 Å². The molecule has 3 heterocycles. The lowest BCUT2D eigenvalue weighted by Gasteiger charge is -2.39. The molecule has 1 aromatic heterocycles. The van der Waals surface area contributed by atoms with Gasteiger partial charge in [0.2, 0.25) is 6.29 Å². The van der Waals surface area contributed by atoms with Crippen LogP contribution in [0.25, 0.3) is 5.82 Å². The second-order valence-electron chi connectivity index (χ2n) is 7.92. The molecule has 0 saturated carbocycles. The van der Waals surface area contributed by atoms with Gasteiger partial charge in [0.05, 0.1) is 16.6 Å². The van der Waals surface area contributed by atoms with Crippen molar-refractivity contribution in [3.63, 3.8) is 0 Å². The first-order valence-electron chi connectivity index (χ1n) is 10.8. The van der Waals surface area contributed by atoms with Gasteiger partial charge in [-0.25, -0.2) is 14.7 Å². The van der Waals surface area contributed by atoms with Crippen molar-refractivity contribution < 1.29 is 19.1 Å². The summed E-state index contributed by atoms with van der Waals surface area (Å²) in [4.78, 5) is 37.3. The molecular weight excluding hydrogens is 440 g/mol. The predicted octanol–water partition coefficient (Wildman–Crippen LogP) is 3.21. The first-order valence-corrected chi connectivity index (χ1v) is 11.6. The summed E-state index contributed by atoms with van der Waals surface area (Å²) < 4.78 is 11.6. The molecule has 178 valence electrons. The first-order chi connectivity index (χ1) is 15.4. The zero-order valence-corrected chi connectivity index (χ0v) is 19.6. The van der Waals surface area contributed by atoms with Crippen molar-refractivity contribution in [2.45, 2.75) is 40.9 Å². The van der Waals surface area contributed by atoms with Crippen LogP contribution < -0.4 is 14.8 Å². The molecule has 1 saturated heterocycles. The molecule has 2 aliphatic heterocycles. The predicted molar refractivity (Wildman–Crippen MR) is 130 cm³/mol. The fourth-order valence-electron chi connectivity index (χ4n) is 3.84. The lowest BCUT2D eigenvalue weighted by atomic mass is 10.2. The van der Waals surface area contributed by atoms with Gasteiger partial charge in [0.25, 0.3) is 0 Å². The van der Waals surface area contributed by atoms with Gasteiger partial charge in [-0.05, 0) is 32.2 Å². The molecule has 0 N–H and O–H groups in total. The summed E-state index contributed by atoms with van der Waals surface area (Å²) >= 11 is 1.60. The number of likely N-dealkylation sites (N-methyl/N-ethyl adjacent to an activating group) is 1. The van der Waals surface area contributed by atoms with Crippen LogP contribution in [-0.2, 0) is 14.3 Å². The number of nitrogens with zero attached hydrogens (tertiary/aromatic N) is 4. The van der Waals surface area contributed by atoms with Crippen LogP contribution in [0.2, 0.25) is 0 Å². The Morgan fingerprint density at radius 1 is 1.15 bits per heavy atom. The quantitative estimate of drug-likeness (QED) is 0.503. The molecule has 33 heavy (non-hydrogen) atoms. The number of rotatable bonds is 4. The molecule has 4 rings (SSSR count). The Balaban J connectivity index is 0.00000306. The molecule has 0 spiro atoms. The number of hydrogen-bond donors (Lipinski definition) is 0. The van der Waals surface area contributed by atoms with E-state index in [-0.39, 0.29) is 13.8 Å². The summed E-state index contributed by atoms with van der Waals surface area (Å²) in [5.74, 6) is 0.334. The Kier molecular flexibility index (Phi) is 7.76. The van der Waals surface area contributed by atoms with E-state index in [0.29, 0.717) is 11.4 Å². The van der Waals surface area contributed by atoms with Gasteiger partial charge in [-0.1, -0.05) is 26.5 Å². The van der Waals surface area contributed by atoms with Crippen molar-refractivity contribution in [2.75, 3.05) is 38.1 Å². The Morgan fingerprint density at radius 2 is 1.85 bits per heavy atom. The van der Waals surface area contributed by atoms with E-state index in [1.807, 2.05) is 31.2 Å². The maximum atomic E-state index is 13.5. The molecule has 8 nitrogen and oxygen atoms in total. The van der Waals surface area contributed by atoms with E-state index in [0.717, 1.165) is 46.8 Å². The number of piperazine rings is 1. The number of amides is 1. The minimum atomic E-state index is -1.00. The molecule has 0 bridgehead atoms. The molecule has 0 radical (unpaired) electrons. The van der Waals surface area contributed by atoms with Crippen LogP contribution in [0, 0.1) is 6.92 Å². The number of esters is 1. The highest BCUT2D eigenvalue weighted by Crippen LogP contribution is 2.34. The van der Waals surface area contributed by atoms with Crippen LogP contribution in [0.3, 0.4) is 0 Å². The molecule has 1 aromatic carbocycles. The largest absolute Gasteiger partial charge is 0.425 e. The summed E-state index contributed by atoms with van der Waals surface area (Å²) in [5.41, 5.74) is 1.33. The third kappa shape index (κ3) is 5.20. The standard InChI is InChI=1S/C23H28N4O4S.CH4/c1-5-20(28)30-16(3)31-23(29)27-19-9-7-6-8-18(19)24-21-17(14-15(2)32-21)22(27)26-12-10-25(4)11-13-26;/h6-9,14,16H,5,10-13H2,1-4H3;1H4. The Morgan fingerprint density at radius 3 is 2.55 bits per heavy atom. The normalized spacial score (nSPS) is 16.5. The molecule has 2 aliphatic rings. The Hall–Kier alpha value is -2.91. The maximum Gasteiger partial charge on any atom is 0.423 e. The number of hydrogen-bond acceptors (Lipinski definition) is 8. The summed E-state index contributed by atoms with van der Waals surface area (Å²) in [6, 6.07) is 9.61. The van der Waals surface area contributed by atoms with Crippen LogP contribution in [0.4, 0.5) is 16.2 Å². The van der Waals surface area contributed by atoms with Crippen LogP contribution in [0.1, 0.15) is 32.6 Å². The molecule has 2 aromatic rings. The van der Waals surface area contributed by atoms with Gasteiger partial charge in [0.1, 0.15) is 10.5 Å². The van der Waals surface area contributed by atoms with Crippen molar-refractivity contribution in [1.29, 1.82) is 0 Å². The van der Waals surface area contributed by atoms with Gasteiger partial charge in [-0.15, -0.1) is 11.3 Å². The highest BCUT2D eigenvalue weighted by atomic mass is 32.1. The van der Waals surface area contributed by atoms with E-state index in [1.165, 1.54) is 0 Å². The number of benzene rings is 1. The second kappa shape index (κ2) is 10.4. The van der Waals surface area contributed by atoms with Crippen LogP contribution in [0.15, 0.2) is 35.3 Å². The average molecular weight is 473 g/mol. The molecule has 1 amide bonds. The van der Waals surface area contributed by atoms with Crippen LogP contribution >= 0.6 is 11.3 Å². The van der Waals surface area contributed by atoms with Gasteiger partial charge in [0.15, 0.2) is 0 Å². The smallest absolute Gasteiger partial charge is 0.423 e. The highest BCUT2D eigenvalue weighted by Gasteiger charge is 2.33. The van der Waals surface area contributed by atoms with Crippen molar-refractivity contribution in [3.05, 3.63) is 45.1 Å². The Bertz CT molecular complexity index is 1140. The summed E-state index contributed by atoms with van der Waals surface area (Å²) in [6.45, 7) is 8.59. The molecule has 9 heteroatoms. The van der Waals surface area contributed by atoms with Crippen molar-refractivity contribution in [3.8, 4) is 0 Å². The molecule has 0 aliphatic carbocycles. The number of thiophene rings is 1. The molecule has 1 atom stereocenters. The summed E-state index contributed by atoms with van der Waals surface area (Å²) in [6.07, 6.45) is -1.39. The lowest BCUT2D eigenvalue weighted by Crippen LogP contribution is -2.51. The van der Waals surface area contributed by atoms with E-state index in [2.05, 4.69) is 22.9 Å². The number of carbonyl (C=O) groups is 2. The first kappa shape index (κ1) is 24.7. The molecular formula is C24H32N4O4S. The third-order valence-corrected chi connectivity index (χ3v) is 6.42. The lowest BCUT2D eigenvalue weighted by molar-refractivity contribution is -0.164. The third-order valence-electron chi connectivity index (χ3n) is 5.47. The average Bonchev–Trinajstić information content (AvgIpc) is 3.06. The van der Waals surface area contributed by atoms with Crippen molar-refractivity contribution in [2.24, 2.45) is 4.99 Å². The fraction of sp³-hybridized carbons (Fsp3) is 0.458. The van der Waals surface area contributed by atoms with E-state index < -0.39 is 18.4 Å².